The summed E-state index contributed by atoms with van der Waals surface area (Å²) < 4.78 is 1.69. The third-order valence-electron chi connectivity index (χ3n) is 3.78. The molecule has 2 N–H and O–H groups in total. The van der Waals surface area contributed by atoms with Gasteiger partial charge < -0.3 is 5.73 Å². The van der Waals surface area contributed by atoms with Gasteiger partial charge in [-0.25, -0.2) is 9.50 Å². The van der Waals surface area contributed by atoms with Crippen LogP contribution in [-0.2, 0) is 0 Å². The van der Waals surface area contributed by atoms with Gasteiger partial charge in [-0.1, -0.05) is 36.0 Å². The van der Waals surface area contributed by atoms with Gasteiger partial charge in [0.1, 0.15) is 0 Å². The predicted molar refractivity (Wildman–Crippen MR) is 96.6 cm³/mol. The van der Waals surface area contributed by atoms with Crippen LogP contribution in [0.2, 0.25) is 0 Å². The zero-order chi connectivity index (χ0) is 16.5. The van der Waals surface area contributed by atoms with Crippen LogP contribution in [-0.4, -0.2) is 20.4 Å². The van der Waals surface area contributed by atoms with Crippen molar-refractivity contribution in [2.75, 3.05) is 5.73 Å². The number of Topliss-reactive ketones (excluding diaryl/α,β-unsaturated/α-hetero) is 1. The zero-order valence-corrected chi connectivity index (χ0v) is 13.5. The Morgan fingerprint density at radius 1 is 1.29 bits per heavy atom. The first kappa shape index (κ1) is 14.7. The van der Waals surface area contributed by atoms with Crippen molar-refractivity contribution < 1.29 is 4.79 Å². The summed E-state index contributed by atoms with van der Waals surface area (Å²) in [4.78, 5) is 17.8. The average molecular weight is 334 g/mol. The number of thioether (sulfide) groups is 1. The molecule has 4 rings (SSSR count). The average Bonchev–Trinajstić information content (AvgIpc) is 3.06. The van der Waals surface area contributed by atoms with Gasteiger partial charge in [-0.2, -0.15) is 5.10 Å². The Kier molecular flexibility index (Phi) is 3.66. The number of fused-ring (bicyclic) bond motifs is 1. The lowest BCUT2D eigenvalue weighted by atomic mass is 10.1. The zero-order valence-electron chi connectivity index (χ0n) is 12.7. The van der Waals surface area contributed by atoms with Crippen molar-refractivity contribution in [3.8, 4) is 11.3 Å². The Morgan fingerprint density at radius 3 is 3.00 bits per heavy atom. The van der Waals surface area contributed by atoms with E-state index in [9.17, 15) is 4.79 Å². The lowest BCUT2D eigenvalue weighted by Gasteiger charge is -2.07. The van der Waals surface area contributed by atoms with Crippen molar-refractivity contribution in [2.45, 2.75) is 6.42 Å². The molecule has 0 saturated carbocycles. The molecule has 1 aliphatic heterocycles. The number of nitrogens with two attached hydrogens (primary N) is 1. The van der Waals surface area contributed by atoms with Crippen molar-refractivity contribution in [2.24, 2.45) is 0 Å². The Hall–Kier alpha value is -2.86. The molecule has 0 aliphatic carbocycles. The second kappa shape index (κ2) is 5.98. The van der Waals surface area contributed by atoms with Gasteiger partial charge in [0.25, 0.3) is 0 Å². The minimum absolute atomic E-state index is 0.0448. The summed E-state index contributed by atoms with van der Waals surface area (Å²) in [6.45, 7) is 0. The predicted octanol–water partition coefficient (Wildman–Crippen LogP) is 3.70. The van der Waals surface area contributed by atoms with Gasteiger partial charge in [-0.05, 0) is 30.0 Å². The molecule has 1 aliphatic rings. The highest BCUT2D eigenvalue weighted by atomic mass is 32.2. The van der Waals surface area contributed by atoms with Gasteiger partial charge in [-0.15, -0.1) is 0 Å². The number of allylic oxidation sites excluding steroid dienone is 3. The monoisotopic (exact) mass is 334 g/mol. The maximum absolute atomic E-state index is 12.7. The first-order valence-corrected chi connectivity index (χ1v) is 8.37. The molecule has 0 radical (unpaired) electrons. The van der Waals surface area contributed by atoms with E-state index in [2.05, 4.69) is 10.1 Å². The number of hydrogen-bond acceptors (Lipinski definition) is 5. The molecule has 0 atom stereocenters. The van der Waals surface area contributed by atoms with E-state index in [1.807, 2.05) is 47.9 Å². The van der Waals surface area contributed by atoms with Gasteiger partial charge in [-0.3, -0.25) is 4.79 Å². The van der Waals surface area contributed by atoms with Crippen LogP contribution in [0.4, 0.5) is 5.69 Å². The number of aromatic nitrogens is 3. The van der Waals surface area contributed by atoms with Crippen LogP contribution in [0, 0.1) is 0 Å². The molecular weight excluding hydrogens is 320 g/mol. The molecule has 0 unspecified atom stereocenters. The third kappa shape index (κ3) is 2.51. The molecule has 3 aromatic rings. The topological polar surface area (TPSA) is 73.3 Å². The normalized spacial score (nSPS) is 13.9. The van der Waals surface area contributed by atoms with Crippen LogP contribution in [0.1, 0.15) is 16.8 Å². The third-order valence-corrected chi connectivity index (χ3v) is 4.72. The van der Waals surface area contributed by atoms with E-state index in [1.165, 1.54) is 11.8 Å². The Labute approximate surface area is 142 Å². The van der Waals surface area contributed by atoms with E-state index < -0.39 is 0 Å². The van der Waals surface area contributed by atoms with Crippen molar-refractivity contribution in [3.63, 3.8) is 0 Å². The van der Waals surface area contributed by atoms with Gasteiger partial charge in [0.2, 0.25) is 5.78 Å². The van der Waals surface area contributed by atoms with Crippen molar-refractivity contribution in [1.82, 2.24) is 14.6 Å². The molecule has 0 spiro atoms. The van der Waals surface area contributed by atoms with E-state index in [-0.39, 0.29) is 5.78 Å². The molecule has 118 valence electrons. The summed E-state index contributed by atoms with van der Waals surface area (Å²) in [5.74, 6) is -0.0448. The van der Waals surface area contributed by atoms with Gasteiger partial charge in [0, 0.05) is 17.4 Å². The molecule has 6 heteroatoms. The van der Waals surface area contributed by atoms with Crippen LogP contribution in [0.25, 0.3) is 16.9 Å². The van der Waals surface area contributed by atoms with Gasteiger partial charge >= 0.3 is 0 Å². The summed E-state index contributed by atoms with van der Waals surface area (Å²) in [6, 6.07) is 9.42. The van der Waals surface area contributed by atoms with Crippen LogP contribution < -0.4 is 5.73 Å². The molecule has 0 amide bonds. The standard InChI is InChI=1S/C18H14N4OS/c19-13-5-3-4-12(10-13)15-7-8-20-18-14(11-21-22(15)18)17(23)16-6-1-2-9-24-16/h2-11H,1,19H2. The summed E-state index contributed by atoms with van der Waals surface area (Å²) >= 11 is 1.43. The van der Waals surface area contributed by atoms with Crippen LogP contribution >= 0.6 is 11.8 Å². The fourth-order valence-corrected chi connectivity index (χ4v) is 3.41. The van der Waals surface area contributed by atoms with E-state index >= 15 is 0 Å². The summed E-state index contributed by atoms with van der Waals surface area (Å²) in [7, 11) is 0. The molecule has 5 nitrogen and oxygen atoms in total. The summed E-state index contributed by atoms with van der Waals surface area (Å²) in [5, 5.41) is 6.31. The van der Waals surface area contributed by atoms with Crippen molar-refractivity contribution >= 4 is 28.9 Å². The summed E-state index contributed by atoms with van der Waals surface area (Å²) in [5.41, 5.74) is 9.39. The van der Waals surface area contributed by atoms with Crippen LogP contribution in [0.3, 0.4) is 0 Å². The molecule has 0 fully saturated rings. The molecule has 2 aromatic heterocycles. The maximum Gasteiger partial charge on any atom is 0.204 e. The summed E-state index contributed by atoms with van der Waals surface area (Å²) in [6.07, 6.45) is 8.00. The highest BCUT2D eigenvalue weighted by Crippen LogP contribution is 2.28. The fraction of sp³-hybridized carbons (Fsp3) is 0.0556. The smallest absolute Gasteiger partial charge is 0.204 e. The first-order chi connectivity index (χ1) is 11.7. The van der Waals surface area contributed by atoms with Crippen molar-refractivity contribution in [1.29, 1.82) is 0 Å². The maximum atomic E-state index is 12.7. The lowest BCUT2D eigenvalue weighted by Crippen LogP contribution is -2.03. The van der Waals surface area contributed by atoms with Crippen LogP contribution in [0.15, 0.2) is 65.2 Å². The second-order valence-electron chi connectivity index (χ2n) is 5.37. The minimum atomic E-state index is -0.0448. The number of carbonyl (C=O) groups excluding carboxylic acids is 1. The second-order valence-corrected chi connectivity index (χ2v) is 6.32. The highest BCUT2D eigenvalue weighted by Gasteiger charge is 2.20. The van der Waals surface area contributed by atoms with E-state index in [0.717, 1.165) is 17.7 Å². The number of nitrogen functional groups attached to an aromatic ring is 1. The molecule has 0 saturated heterocycles. The minimum Gasteiger partial charge on any atom is -0.399 e. The highest BCUT2D eigenvalue weighted by molar-refractivity contribution is 8.06. The largest absolute Gasteiger partial charge is 0.399 e. The number of rotatable bonds is 3. The SMILES string of the molecule is Nc1cccc(-c2ccnc3c(C(=O)C4=CCC=CS4)cnn23)c1. The number of anilines is 1. The van der Waals surface area contributed by atoms with Gasteiger partial charge in [0.05, 0.1) is 22.4 Å². The number of hydrogen-bond donors (Lipinski definition) is 1. The molecular formula is C18H14N4OS. The molecule has 0 bridgehead atoms. The van der Waals surface area contributed by atoms with Crippen molar-refractivity contribution in [3.05, 3.63) is 70.8 Å². The first-order valence-electron chi connectivity index (χ1n) is 7.49. The molecule has 1 aromatic carbocycles. The molecule has 3 heterocycles. The fourth-order valence-electron chi connectivity index (χ4n) is 2.65. The Balaban J connectivity index is 1.82. The Bertz CT molecular complexity index is 1000. The number of ketones is 1. The number of carbonyl (C=O) groups is 1. The lowest BCUT2D eigenvalue weighted by molar-refractivity contribution is 0.104. The number of benzene rings is 1. The van der Waals surface area contributed by atoms with Crippen LogP contribution in [0.5, 0.6) is 0 Å². The molecule has 24 heavy (non-hydrogen) atoms. The number of nitrogens with zero attached hydrogens (tertiary/aromatic N) is 3. The van der Waals surface area contributed by atoms with E-state index in [1.54, 1.807) is 16.9 Å². The van der Waals surface area contributed by atoms with E-state index in [0.29, 0.717) is 21.8 Å². The van der Waals surface area contributed by atoms with Gasteiger partial charge in [0.15, 0.2) is 5.65 Å². The Morgan fingerprint density at radius 2 is 2.21 bits per heavy atom. The quantitative estimate of drug-likeness (QED) is 0.584. The van der Waals surface area contributed by atoms with E-state index in [4.69, 9.17) is 5.73 Å².